The highest BCUT2D eigenvalue weighted by Gasteiger charge is 2.22. The van der Waals surface area contributed by atoms with Crippen molar-refractivity contribution in [1.82, 2.24) is 0 Å². The first-order valence-corrected chi connectivity index (χ1v) is 8.42. The van der Waals surface area contributed by atoms with Crippen LogP contribution in [0.3, 0.4) is 0 Å². The van der Waals surface area contributed by atoms with Crippen molar-refractivity contribution >= 4 is 11.7 Å². The van der Waals surface area contributed by atoms with Gasteiger partial charge in [-0.25, -0.2) is 4.79 Å². The minimum absolute atomic E-state index is 0.223. The van der Waals surface area contributed by atoms with Crippen molar-refractivity contribution in [3.05, 3.63) is 101 Å². The summed E-state index contributed by atoms with van der Waals surface area (Å²) < 4.78 is 5.14. The topological polar surface area (TPSA) is 29.5 Å². The highest BCUT2D eigenvalue weighted by molar-refractivity contribution is 5.93. The van der Waals surface area contributed by atoms with E-state index in [9.17, 15) is 4.79 Å². The van der Waals surface area contributed by atoms with Crippen LogP contribution in [0.5, 0.6) is 0 Å². The van der Waals surface area contributed by atoms with Crippen LogP contribution in [0.4, 0.5) is 5.69 Å². The van der Waals surface area contributed by atoms with Crippen molar-refractivity contribution in [3.8, 4) is 0 Å². The van der Waals surface area contributed by atoms with Gasteiger partial charge in [0.2, 0.25) is 0 Å². The van der Waals surface area contributed by atoms with Gasteiger partial charge in [-0.05, 0) is 29.3 Å². The number of ether oxygens (including phenoxy) is 1. The Kier molecular flexibility index (Phi) is 4.21. The number of hydrogen-bond donors (Lipinski definition) is 0. The molecule has 0 N–H and O–H groups in total. The van der Waals surface area contributed by atoms with Crippen LogP contribution in [0.15, 0.2) is 78.9 Å². The van der Waals surface area contributed by atoms with Crippen molar-refractivity contribution in [2.75, 3.05) is 4.90 Å². The minimum atomic E-state index is -0.223. The van der Waals surface area contributed by atoms with Crippen molar-refractivity contribution in [2.45, 2.75) is 19.7 Å². The molecule has 0 aromatic heterocycles. The molecule has 25 heavy (non-hydrogen) atoms. The Morgan fingerprint density at radius 2 is 1.40 bits per heavy atom. The third-order valence-corrected chi connectivity index (χ3v) is 4.47. The highest BCUT2D eigenvalue weighted by Crippen LogP contribution is 2.27. The molecule has 3 nitrogen and oxygen atoms in total. The van der Waals surface area contributed by atoms with Gasteiger partial charge in [-0.3, -0.25) is 0 Å². The molecule has 0 saturated carbocycles. The average Bonchev–Trinajstić information content (AvgIpc) is 3.03. The summed E-state index contributed by atoms with van der Waals surface area (Å²) in [5.41, 5.74) is 5.26. The molecule has 1 heterocycles. The molecule has 3 heteroatoms. The highest BCUT2D eigenvalue weighted by atomic mass is 16.5. The monoisotopic (exact) mass is 329 g/mol. The second-order valence-corrected chi connectivity index (χ2v) is 6.24. The Morgan fingerprint density at radius 1 is 0.800 bits per heavy atom. The number of carbonyl (C=O) groups excluding carboxylic acids is 1. The summed E-state index contributed by atoms with van der Waals surface area (Å²) in [6, 6.07) is 26.8. The van der Waals surface area contributed by atoms with Gasteiger partial charge in [0.05, 0.1) is 5.56 Å². The van der Waals surface area contributed by atoms with Gasteiger partial charge in [-0.15, -0.1) is 0 Å². The molecular weight excluding hydrogens is 310 g/mol. The van der Waals surface area contributed by atoms with Gasteiger partial charge in [0.1, 0.15) is 6.61 Å². The van der Waals surface area contributed by atoms with Gasteiger partial charge in [0.25, 0.3) is 0 Å². The van der Waals surface area contributed by atoms with Crippen molar-refractivity contribution in [3.63, 3.8) is 0 Å². The molecule has 0 saturated heterocycles. The van der Waals surface area contributed by atoms with E-state index >= 15 is 0 Å². The first-order valence-electron chi connectivity index (χ1n) is 8.42. The zero-order valence-corrected chi connectivity index (χ0v) is 13.9. The second-order valence-electron chi connectivity index (χ2n) is 6.24. The van der Waals surface area contributed by atoms with E-state index < -0.39 is 0 Å². The standard InChI is InChI=1S/C22H19NO2/c24-22-21-12-11-20(13-19(21)16-25-22)23(14-17-7-3-1-4-8-17)15-18-9-5-2-6-10-18/h1-13H,14-16H2. The Balaban J connectivity index is 1.66. The zero-order valence-electron chi connectivity index (χ0n) is 13.9. The van der Waals surface area contributed by atoms with Crippen molar-refractivity contribution in [2.24, 2.45) is 0 Å². The van der Waals surface area contributed by atoms with Crippen LogP contribution in [-0.4, -0.2) is 5.97 Å². The molecule has 1 aliphatic rings. The number of benzene rings is 3. The van der Waals surface area contributed by atoms with Crippen LogP contribution in [-0.2, 0) is 24.4 Å². The Labute approximate surface area is 147 Å². The van der Waals surface area contributed by atoms with Gasteiger partial charge in [-0.2, -0.15) is 0 Å². The molecule has 0 bridgehead atoms. The number of nitrogens with zero attached hydrogens (tertiary/aromatic N) is 1. The molecule has 0 aliphatic carbocycles. The second kappa shape index (κ2) is 6.81. The van der Waals surface area contributed by atoms with E-state index in [-0.39, 0.29) is 5.97 Å². The Hall–Kier alpha value is -3.07. The number of fused-ring (bicyclic) bond motifs is 1. The number of anilines is 1. The maximum Gasteiger partial charge on any atom is 0.338 e. The van der Waals surface area contributed by atoms with Crippen LogP contribution < -0.4 is 4.90 Å². The molecule has 3 aromatic rings. The molecule has 0 unspecified atom stereocenters. The molecule has 3 aromatic carbocycles. The molecule has 0 fully saturated rings. The van der Waals surface area contributed by atoms with Crippen molar-refractivity contribution < 1.29 is 9.53 Å². The fourth-order valence-corrected chi connectivity index (χ4v) is 3.16. The summed E-state index contributed by atoms with van der Waals surface area (Å²) in [5.74, 6) is -0.223. The third kappa shape index (κ3) is 3.41. The smallest absolute Gasteiger partial charge is 0.338 e. The maximum absolute atomic E-state index is 11.7. The van der Waals surface area contributed by atoms with Crippen LogP contribution in [0.1, 0.15) is 27.0 Å². The predicted molar refractivity (Wildman–Crippen MR) is 98.3 cm³/mol. The molecule has 0 atom stereocenters. The van der Waals surface area contributed by atoms with E-state index in [0.717, 1.165) is 24.3 Å². The Bertz CT molecular complexity index is 834. The Morgan fingerprint density at radius 3 is 2.00 bits per heavy atom. The molecule has 1 aliphatic heterocycles. The van der Waals surface area contributed by atoms with E-state index in [1.54, 1.807) is 0 Å². The lowest BCUT2D eigenvalue weighted by molar-refractivity contribution is 0.0535. The normalized spacial score (nSPS) is 12.6. The number of hydrogen-bond acceptors (Lipinski definition) is 3. The fourth-order valence-electron chi connectivity index (χ4n) is 3.16. The SMILES string of the molecule is O=C1OCc2cc(N(Cc3ccccc3)Cc3ccccc3)ccc21. The summed E-state index contributed by atoms with van der Waals surface area (Å²) in [6.07, 6.45) is 0. The fraction of sp³-hybridized carbons (Fsp3) is 0.136. The van der Waals surface area contributed by atoms with Gasteiger partial charge in [0, 0.05) is 24.3 Å². The van der Waals surface area contributed by atoms with E-state index in [2.05, 4.69) is 59.5 Å². The van der Waals surface area contributed by atoms with Crippen LogP contribution >= 0.6 is 0 Å². The summed E-state index contributed by atoms with van der Waals surface area (Å²) in [7, 11) is 0. The summed E-state index contributed by atoms with van der Waals surface area (Å²) in [6.45, 7) is 1.99. The lowest BCUT2D eigenvalue weighted by Crippen LogP contribution is -2.22. The van der Waals surface area contributed by atoms with Crippen molar-refractivity contribution in [1.29, 1.82) is 0 Å². The molecule has 0 amide bonds. The first kappa shape index (κ1) is 15.5. The number of cyclic esters (lactones) is 1. The van der Waals surface area contributed by atoms with E-state index in [1.807, 2.05) is 24.3 Å². The molecular formula is C22H19NO2. The van der Waals surface area contributed by atoms with Crippen LogP contribution in [0.25, 0.3) is 0 Å². The number of esters is 1. The average molecular weight is 329 g/mol. The largest absolute Gasteiger partial charge is 0.457 e. The molecule has 124 valence electrons. The lowest BCUT2D eigenvalue weighted by atomic mass is 10.1. The molecule has 0 spiro atoms. The summed E-state index contributed by atoms with van der Waals surface area (Å²) in [4.78, 5) is 14.0. The van der Waals surface area contributed by atoms with Crippen LogP contribution in [0.2, 0.25) is 0 Å². The van der Waals surface area contributed by atoms with E-state index in [0.29, 0.717) is 12.2 Å². The summed E-state index contributed by atoms with van der Waals surface area (Å²) in [5, 5.41) is 0. The van der Waals surface area contributed by atoms with Gasteiger partial charge in [0.15, 0.2) is 0 Å². The third-order valence-electron chi connectivity index (χ3n) is 4.47. The quantitative estimate of drug-likeness (QED) is 0.643. The molecule has 0 radical (unpaired) electrons. The lowest BCUT2D eigenvalue weighted by Gasteiger charge is -2.25. The predicted octanol–water partition coefficient (Wildman–Crippen LogP) is 4.56. The number of rotatable bonds is 5. The van der Waals surface area contributed by atoms with Gasteiger partial charge >= 0.3 is 5.97 Å². The van der Waals surface area contributed by atoms with Gasteiger partial charge < -0.3 is 9.64 Å². The summed E-state index contributed by atoms with van der Waals surface area (Å²) >= 11 is 0. The number of carbonyl (C=O) groups is 1. The van der Waals surface area contributed by atoms with E-state index in [4.69, 9.17) is 4.74 Å². The van der Waals surface area contributed by atoms with E-state index in [1.165, 1.54) is 11.1 Å². The maximum atomic E-state index is 11.7. The zero-order chi connectivity index (χ0) is 17.1. The van der Waals surface area contributed by atoms with Crippen LogP contribution in [0, 0.1) is 0 Å². The molecule has 4 rings (SSSR count). The minimum Gasteiger partial charge on any atom is -0.457 e. The van der Waals surface area contributed by atoms with Gasteiger partial charge in [-0.1, -0.05) is 60.7 Å². The first-order chi connectivity index (χ1) is 12.3.